The average Bonchev–Trinajstić information content (AvgIpc) is 2.49. The van der Waals surface area contributed by atoms with Crippen LogP contribution in [0, 0.1) is 12.7 Å². The van der Waals surface area contributed by atoms with Crippen LogP contribution in [0.5, 0.6) is 5.75 Å². The van der Waals surface area contributed by atoms with E-state index < -0.39 is 5.82 Å². The lowest BCUT2D eigenvalue weighted by Gasteiger charge is -2.09. The molecule has 0 aliphatic heterocycles. The summed E-state index contributed by atoms with van der Waals surface area (Å²) in [5, 5.41) is 20.1. The number of fused-ring (bicyclic) bond motifs is 1. The number of aromatic hydroxyl groups is 1. The summed E-state index contributed by atoms with van der Waals surface area (Å²) in [5.74, 6) is -0.438. The molecule has 4 heteroatoms. The van der Waals surface area contributed by atoms with Gasteiger partial charge in [0.25, 0.3) is 0 Å². The van der Waals surface area contributed by atoms with Crippen molar-refractivity contribution < 1.29 is 14.6 Å². The van der Waals surface area contributed by atoms with E-state index in [0.29, 0.717) is 16.8 Å². The second kappa shape index (κ2) is 5.14. The standard InChI is InChI=1S/C17H14FNO2/c1-10-6-15(14-8-12(18)3-5-17(14)21)19-16-7-11(9-20)2-4-13(10)16/h2-8,20-21H,9H2,1H3. The number of benzene rings is 2. The molecule has 0 saturated carbocycles. The van der Waals surface area contributed by atoms with Crippen LogP contribution in [-0.2, 0) is 6.61 Å². The van der Waals surface area contributed by atoms with Crippen molar-refractivity contribution >= 4 is 10.9 Å². The number of hydrogen-bond donors (Lipinski definition) is 2. The first kappa shape index (κ1) is 13.5. The Hall–Kier alpha value is -2.46. The minimum absolute atomic E-state index is 0.0130. The average molecular weight is 283 g/mol. The van der Waals surface area contributed by atoms with Gasteiger partial charge in [-0.25, -0.2) is 9.37 Å². The number of pyridine rings is 1. The second-order valence-corrected chi connectivity index (χ2v) is 5.00. The molecule has 0 saturated heterocycles. The molecule has 2 aromatic carbocycles. The van der Waals surface area contributed by atoms with Crippen molar-refractivity contribution in [1.29, 1.82) is 0 Å². The molecule has 0 unspecified atom stereocenters. The molecule has 3 nitrogen and oxygen atoms in total. The number of rotatable bonds is 2. The van der Waals surface area contributed by atoms with Crippen molar-refractivity contribution in [2.75, 3.05) is 0 Å². The number of aromatic nitrogens is 1. The summed E-state index contributed by atoms with van der Waals surface area (Å²) < 4.78 is 13.4. The lowest BCUT2D eigenvalue weighted by Crippen LogP contribution is -1.92. The van der Waals surface area contributed by atoms with Crippen molar-refractivity contribution in [2.45, 2.75) is 13.5 Å². The van der Waals surface area contributed by atoms with E-state index in [2.05, 4.69) is 4.98 Å². The van der Waals surface area contributed by atoms with Crippen LogP contribution in [0.3, 0.4) is 0 Å². The maximum absolute atomic E-state index is 13.4. The number of hydrogen-bond acceptors (Lipinski definition) is 3. The van der Waals surface area contributed by atoms with Gasteiger partial charge in [-0.15, -0.1) is 0 Å². The largest absolute Gasteiger partial charge is 0.507 e. The van der Waals surface area contributed by atoms with Crippen LogP contribution in [0.25, 0.3) is 22.2 Å². The van der Waals surface area contributed by atoms with Crippen molar-refractivity contribution in [3.05, 3.63) is 59.4 Å². The summed E-state index contributed by atoms with van der Waals surface area (Å²) in [4.78, 5) is 4.48. The molecule has 0 fully saturated rings. The van der Waals surface area contributed by atoms with Crippen LogP contribution >= 0.6 is 0 Å². The van der Waals surface area contributed by atoms with E-state index in [1.165, 1.54) is 18.2 Å². The molecule has 2 N–H and O–H groups in total. The topological polar surface area (TPSA) is 53.4 Å². The predicted octanol–water partition coefficient (Wildman–Crippen LogP) is 3.55. The Bertz CT molecular complexity index is 830. The summed E-state index contributed by atoms with van der Waals surface area (Å²) in [6.45, 7) is 1.87. The van der Waals surface area contributed by atoms with Crippen molar-refractivity contribution in [2.24, 2.45) is 0 Å². The minimum atomic E-state index is -0.425. The maximum Gasteiger partial charge on any atom is 0.125 e. The zero-order valence-corrected chi connectivity index (χ0v) is 11.5. The first-order valence-corrected chi connectivity index (χ1v) is 6.58. The molecule has 0 aliphatic rings. The Morgan fingerprint density at radius 3 is 2.67 bits per heavy atom. The van der Waals surface area contributed by atoms with E-state index in [1.807, 2.05) is 25.1 Å². The Morgan fingerprint density at radius 1 is 1.10 bits per heavy atom. The SMILES string of the molecule is Cc1cc(-c2cc(F)ccc2O)nc2cc(CO)ccc12. The quantitative estimate of drug-likeness (QED) is 0.756. The molecule has 0 spiro atoms. The molecule has 3 rings (SSSR count). The number of halogens is 1. The third-order valence-electron chi connectivity index (χ3n) is 3.50. The monoisotopic (exact) mass is 283 g/mol. The fourth-order valence-electron chi connectivity index (χ4n) is 2.40. The highest BCUT2D eigenvalue weighted by Crippen LogP contribution is 2.31. The Kier molecular flexibility index (Phi) is 3.31. The summed E-state index contributed by atoms with van der Waals surface area (Å²) >= 11 is 0. The Labute approximate surface area is 121 Å². The zero-order chi connectivity index (χ0) is 15.0. The molecule has 0 amide bonds. The van der Waals surface area contributed by atoms with Crippen LogP contribution in [-0.4, -0.2) is 15.2 Å². The predicted molar refractivity (Wildman–Crippen MR) is 79.5 cm³/mol. The van der Waals surface area contributed by atoms with Gasteiger partial charge < -0.3 is 10.2 Å². The molecule has 3 aromatic rings. The zero-order valence-electron chi connectivity index (χ0n) is 11.5. The van der Waals surface area contributed by atoms with Gasteiger partial charge >= 0.3 is 0 Å². The summed E-state index contributed by atoms with van der Waals surface area (Å²) in [6.07, 6.45) is 0. The number of phenols is 1. The third kappa shape index (κ3) is 2.45. The molecule has 21 heavy (non-hydrogen) atoms. The van der Waals surface area contributed by atoms with Crippen molar-refractivity contribution in [3.8, 4) is 17.0 Å². The van der Waals surface area contributed by atoms with E-state index in [0.717, 1.165) is 16.5 Å². The Balaban J connectivity index is 2.26. The highest BCUT2D eigenvalue weighted by Gasteiger charge is 2.10. The fraction of sp³-hybridized carbons (Fsp3) is 0.118. The van der Waals surface area contributed by atoms with E-state index in [9.17, 15) is 14.6 Å². The molecule has 0 atom stereocenters. The molecule has 1 heterocycles. The van der Waals surface area contributed by atoms with Crippen LogP contribution in [0.4, 0.5) is 4.39 Å². The van der Waals surface area contributed by atoms with Gasteiger partial charge in [-0.3, -0.25) is 0 Å². The molecule has 0 radical (unpaired) electrons. The van der Waals surface area contributed by atoms with E-state index in [4.69, 9.17) is 0 Å². The van der Waals surface area contributed by atoms with Gasteiger partial charge in [0.2, 0.25) is 0 Å². The van der Waals surface area contributed by atoms with E-state index in [1.54, 1.807) is 6.07 Å². The highest BCUT2D eigenvalue weighted by atomic mass is 19.1. The van der Waals surface area contributed by atoms with Crippen LogP contribution in [0.2, 0.25) is 0 Å². The number of phenolic OH excluding ortho intramolecular Hbond substituents is 1. The molecule has 106 valence electrons. The molecular weight excluding hydrogens is 269 g/mol. The molecule has 1 aromatic heterocycles. The van der Waals surface area contributed by atoms with Crippen molar-refractivity contribution in [1.82, 2.24) is 4.98 Å². The first-order chi connectivity index (χ1) is 10.1. The van der Waals surface area contributed by atoms with E-state index >= 15 is 0 Å². The number of aryl methyl sites for hydroxylation is 1. The maximum atomic E-state index is 13.4. The van der Waals surface area contributed by atoms with E-state index in [-0.39, 0.29) is 12.4 Å². The summed E-state index contributed by atoms with van der Waals surface area (Å²) in [5.41, 5.74) is 3.31. The van der Waals surface area contributed by atoms with Gasteiger partial charge in [-0.1, -0.05) is 12.1 Å². The first-order valence-electron chi connectivity index (χ1n) is 6.58. The summed E-state index contributed by atoms with van der Waals surface area (Å²) in [6, 6.07) is 11.1. The third-order valence-corrected chi connectivity index (χ3v) is 3.50. The van der Waals surface area contributed by atoms with Gasteiger partial charge in [-0.05, 0) is 48.4 Å². The van der Waals surface area contributed by atoms with Gasteiger partial charge in [0, 0.05) is 10.9 Å². The lowest BCUT2D eigenvalue weighted by molar-refractivity contribution is 0.282. The highest BCUT2D eigenvalue weighted by molar-refractivity contribution is 5.86. The molecule has 0 bridgehead atoms. The summed E-state index contributed by atoms with van der Waals surface area (Å²) in [7, 11) is 0. The Morgan fingerprint density at radius 2 is 1.90 bits per heavy atom. The van der Waals surface area contributed by atoms with Gasteiger partial charge in [0.1, 0.15) is 11.6 Å². The van der Waals surface area contributed by atoms with Crippen LogP contribution in [0.15, 0.2) is 42.5 Å². The number of nitrogens with zero attached hydrogens (tertiary/aromatic N) is 1. The minimum Gasteiger partial charge on any atom is -0.507 e. The van der Waals surface area contributed by atoms with Crippen molar-refractivity contribution in [3.63, 3.8) is 0 Å². The van der Waals surface area contributed by atoms with Gasteiger partial charge in [-0.2, -0.15) is 0 Å². The van der Waals surface area contributed by atoms with Gasteiger partial charge in [0.05, 0.1) is 17.8 Å². The number of aliphatic hydroxyl groups excluding tert-OH is 1. The van der Waals surface area contributed by atoms with Gasteiger partial charge in [0.15, 0.2) is 0 Å². The fourth-order valence-corrected chi connectivity index (χ4v) is 2.40. The lowest BCUT2D eigenvalue weighted by atomic mass is 10.0. The number of aliphatic hydroxyl groups is 1. The van der Waals surface area contributed by atoms with Crippen LogP contribution in [0.1, 0.15) is 11.1 Å². The van der Waals surface area contributed by atoms with Crippen LogP contribution < -0.4 is 0 Å². The normalized spacial score (nSPS) is 11.0. The second-order valence-electron chi connectivity index (χ2n) is 5.00. The smallest absolute Gasteiger partial charge is 0.125 e. The molecule has 0 aliphatic carbocycles. The molecular formula is C17H14FNO2.